The number of anilines is 2. The third kappa shape index (κ3) is 5.10. The summed E-state index contributed by atoms with van der Waals surface area (Å²) >= 11 is 0. The summed E-state index contributed by atoms with van der Waals surface area (Å²) in [5.74, 6) is 0. The molecule has 1 aliphatic heterocycles. The fourth-order valence-electron chi connectivity index (χ4n) is 2.73. The first-order valence-corrected chi connectivity index (χ1v) is 8.42. The molecule has 0 atom stereocenters. The average molecular weight is 380 g/mol. The molecule has 0 bridgehead atoms. The standard InChI is InChI=1S/C18H19F3N4O2/c19-18(20,21)15-11-14(25-7-9-27-10-8-25)4-5-16(15)24-17(26)23-12-13-3-1-2-6-22-13/h1-6,11H,7-10,12H2,(H2,23,24,26). The smallest absolute Gasteiger partial charge is 0.378 e. The number of rotatable bonds is 4. The molecule has 3 rings (SSSR count). The molecule has 0 spiro atoms. The van der Waals surface area contributed by atoms with Crippen LogP contribution in [0.25, 0.3) is 0 Å². The normalized spacial score (nSPS) is 14.7. The molecule has 27 heavy (non-hydrogen) atoms. The van der Waals surface area contributed by atoms with Crippen molar-refractivity contribution in [2.24, 2.45) is 0 Å². The summed E-state index contributed by atoms with van der Waals surface area (Å²) in [6.45, 7) is 2.09. The number of alkyl halides is 3. The maximum Gasteiger partial charge on any atom is 0.418 e. The number of benzene rings is 1. The van der Waals surface area contributed by atoms with Gasteiger partial charge in [0.25, 0.3) is 0 Å². The van der Waals surface area contributed by atoms with Gasteiger partial charge in [0.05, 0.1) is 36.7 Å². The Hall–Kier alpha value is -2.81. The topological polar surface area (TPSA) is 66.5 Å². The molecule has 0 aliphatic carbocycles. The zero-order valence-electron chi connectivity index (χ0n) is 14.4. The fraction of sp³-hybridized carbons (Fsp3) is 0.333. The first-order valence-electron chi connectivity index (χ1n) is 8.42. The van der Waals surface area contributed by atoms with E-state index < -0.39 is 17.8 Å². The average Bonchev–Trinajstić information content (AvgIpc) is 2.67. The summed E-state index contributed by atoms with van der Waals surface area (Å²) in [5, 5.41) is 4.77. The number of carbonyl (C=O) groups excluding carboxylic acids is 1. The second-order valence-electron chi connectivity index (χ2n) is 5.96. The number of halogens is 3. The van der Waals surface area contributed by atoms with Crippen molar-refractivity contribution in [3.8, 4) is 0 Å². The molecule has 9 heteroatoms. The van der Waals surface area contributed by atoms with E-state index in [0.717, 1.165) is 6.07 Å². The third-order valence-electron chi connectivity index (χ3n) is 4.09. The molecule has 2 heterocycles. The van der Waals surface area contributed by atoms with E-state index in [9.17, 15) is 18.0 Å². The summed E-state index contributed by atoms with van der Waals surface area (Å²) in [6.07, 6.45) is -3.02. The number of pyridine rings is 1. The lowest BCUT2D eigenvalue weighted by molar-refractivity contribution is -0.136. The molecule has 1 saturated heterocycles. The molecule has 1 aliphatic rings. The van der Waals surface area contributed by atoms with Gasteiger partial charge < -0.3 is 20.3 Å². The quantitative estimate of drug-likeness (QED) is 0.855. The number of hydrogen-bond acceptors (Lipinski definition) is 4. The molecule has 6 nitrogen and oxygen atoms in total. The van der Waals surface area contributed by atoms with E-state index in [1.807, 2.05) is 4.90 Å². The Morgan fingerprint density at radius 1 is 1.19 bits per heavy atom. The van der Waals surface area contributed by atoms with Crippen molar-refractivity contribution in [1.82, 2.24) is 10.3 Å². The molecule has 2 N–H and O–H groups in total. The van der Waals surface area contributed by atoms with Gasteiger partial charge in [0.2, 0.25) is 0 Å². The Morgan fingerprint density at radius 3 is 2.63 bits per heavy atom. The predicted molar refractivity (Wildman–Crippen MR) is 94.6 cm³/mol. The molecule has 1 fully saturated rings. The highest BCUT2D eigenvalue weighted by molar-refractivity contribution is 5.90. The molecule has 2 amide bonds. The molecular formula is C18H19F3N4O2. The zero-order chi connectivity index (χ0) is 19.3. The minimum absolute atomic E-state index is 0.111. The summed E-state index contributed by atoms with van der Waals surface area (Å²) in [6, 6.07) is 8.36. The number of aromatic nitrogens is 1. The first-order chi connectivity index (χ1) is 12.9. The molecule has 1 aromatic heterocycles. The molecular weight excluding hydrogens is 361 g/mol. The Labute approximate surface area is 154 Å². The predicted octanol–water partition coefficient (Wildman–Crippen LogP) is 3.26. The van der Waals surface area contributed by atoms with Crippen LogP contribution in [0.2, 0.25) is 0 Å². The minimum Gasteiger partial charge on any atom is -0.378 e. The third-order valence-corrected chi connectivity index (χ3v) is 4.09. The lowest BCUT2D eigenvalue weighted by Gasteiger charge is -2.29. The van der Waals surface area contributed by atoms with Gasteiger partial charge in [-0.2, -0.15) is 13.2 Å². The van der Waals surface area contributed by atoms with E-state index in [1.165, 1.54) is 6.07 Å². The molecule has 0 radical (unpaired) electrons. The monoisotopic (exact) mass is 380 g/mol. The van der Waals surface area contributed by atoms with Gasteiger partial charge in [-0.1, -0.05) is 6.07 Å². The van der Waals surface area contributed by atoms with Crippen LogP contribution in [0.3, 0.4) is 0 Å². The van der Waals surface area contributed by atoms with Crippen LogP contribution in [0.5, 0.6) is 0 Å². The fourth-order valence-corrected chi connectivity index (χ4v) is 2.73. The summed E-state index contributed by atoms with van der Waals surface area (Å²) < 4.78 is 45.6. The van der Waals surface area contributed by atoms with Gasteiger partial charge in [-0.3, -0.25) is 4.98 Å². The highest BCUT2D eigenvalue weighted by Gasteiger charge is 2.34. The minimum atomic E-state index is -4.59. The van der Waals surface area contributed by atoms with Crippen molar-refractivity contribution in [2.45, 2.75) is 12.7 Å². The summed E-state index contributed by atoms with van der Waals surface area (Å²) in [5.41, 5.74) is -0.131. The highest BCUT2D eigenvalue weighted by Crippen LogP contribution is 2.37. The molecule has 144 valence electrons. The van der Waals surface area contributed by atoms with Crippen molar-refractivity contribution >= 4 is 17.4 Å². The molecule has 0 saturated carbocycles. The van der Waals surface area contributed by atoms with Crippen LogP contribution < -0.4 is 15.5 Å². The van der Waals surface area contributed by atoms with Crippen molar-refractivity contribution < 1.29 is 22.7 Å². The van der Waals surface area contributed by atoms with E-state index in [1.54, 1.807) is 30.5 Å². The Bertz CT molecular complexity index is 778. The van der Waals surface area contributed by atoms with Crippen molar-refractivity contribution in [3.63, 3.8) is 0 Å². The number of nitrogens with one attached hydrogen (secondary N) is 2. The number of amides is 2. The van der Waals surface area contributed by atoms with Crippen LogP contribution in [0, 0.1) is 0 Å². The Kier molecular flexibility index (Phi) is 5.80. The van der Waals surface area contributed by atoms with E-state index in [4.69, 9.17) is 4.74 Å². The van der Waals surface area contributed by atoms with Crippen LogP contribution in [-0.4, -0.2) is 37.3 Å². The number of hydrogen-bond donors (Lipinski definition) is 2. The summed E-state index contributed by atoms with van der Waals surface area (Å²) in [7, 11) is 0. The first kappa shape index (κ1) is 19.0. The van der Waals surface area contributed by atoms with Crippen molar-refractivity contribution in [3.05, 3.63) is 53.9 Å². The largest absolute Gasteiger partial charge is 0.418 e. The van der Waals surface area contributed by atoms with Gasteiger partial charge in [-0.15, -0.1) is 0 Å². The Balaban J connectivity index is 1.72. The van der Waals surface area contributed by atoms with Crippen molar-refractivity contribution in [1.29, 1.82) is 0 Å². The van der Waals surface area contributed by atoms with Gasteiger partial charge in [-0.25, -0.2) is 4.79 Å². The zero-order valence-corrected chi connectivity index (χ0v) is 14.4. The van der Waals surface area contributed by atoms with E-state index in [2.05, 4.69) is 15.6 Å². The summed E-state index contributed by atoms with van der Waals surface area (Å²) in [4.78, 5) is 17.9. The van der Waals surface area contributed by atoms with E-state index >= 15 is 0 Å². The lowest BCUT2D eigenvalue weighted by atomic mass is 10.1. The second-order valence-corrected chi connectivity index (χ2v) is 5.96. The van der Waals surface area contributed by atoms with Gasteiger partial charge >= 0.3 is 12.2 Å². The molecule has 1 aromatic carbocycles. The second kappa shape index (κ2) is 8.26. The lowest BCUT2D eigenvalue weighted by Crippen LogP contribution is -2.36. The Morgan fingerprint density at radius 2 is 1.96 bits per heavy atom. The van der Waals surface area contributed by atoms with Crippen LogP contribution in [0.1, 0.15) is 11.3 Å². The van der Waals surface area contributed by atoms with Crippen molar-refractivity contribution in [2.75, 3.05) is 36.5 Å². The number of carbonyl (C=O) groups is 1. The van der Waals surface area contributed by atoms with Gasteiger partial charge in [0.15, 0.2) is 0 Å². The van der Waals surface area contributed by atoms with Gasteiger partial charge in [-0.05, 0) is 30.3 Å². The maximum absolute atomic E-state index is 13.5. The highest BCUT2D eigenvalue weighted by atomic mass is 19.4. The van der Waals surface area contributed by atoms with Crippen LogP contribution in [-0.2, 0) is 17.5 Å². The van der Waals surface area contributed by atoms with Crippen LogP contribution in [0.15, 0.2) is 42.6 Å². The number of nitrogens with zero attached hydrogens (tertiary/aromatic N) is 2. The number of ether oxygens (including phenoxy) is 1. The molecule has 0 unspecified atom stereocenters. The van der Waals surface area contributed by atoms with E-state index in [-0.39, 0.29) is 12.2 Å². The van der Waals surface area contributed by atoms with Crippen LogP contribution in [0.4, 0.5) is 29.3 Å². The number of urea groups is 1. The molecule has 2 aromatic rings. The van der Waals surface area contributed by atoms with Gasteiger partial charge in [0.1, 0.15) is 0 Å². The van der Waals surface area contributed by atoms with Gasteiger partial charge in [0, 0.05) is 25.0 Å². The van der Waals surface area contributed by atoms with E-state index in [0.29, 0.717) is 37.7 Å². The van der Waals surface area contributed by atoms with Crippen LogP contribution >= 0.6 is 0 Å². The number of morpholine rings is 1. The SMILES string of the molecule is O=C(NCc1ccccn1)Nc1ccc(N2CCOCC2)cc1C(F)(F)F. The maximum atomic E-state index is 13.5.